The van der Waals surface area contributed by atoms with Gasteiger partial charge in [0.1, 0.15) is 11.0 Å². The van der Waals surface area contributed by atoms with E-state index in [4.69, 9.17) is 31.0 Å². The van der Waals surface area contributed by atoms with Crippen LogP contribution in [-0.4, -0.2) is 104 Å². The van der Waals surface area contributed by atoms with Crippen molar-refractivity contribution in [2.45, 2.75) is 70.6 Å². The van der Waals surface area contributed by atoms with Crippen molar-refractivity contribution in [3.8, 4) is 21.8 Å². The molecule has 7 rings (SSSR count). The Kier molecular flexibility index (Phi) is 9.87. The van der Waals surface area contributed by atoms with Crippen molar-refractivity contribution in [1.82, 2.24) is 19.8 Å². The monoisotopic (exact) mass is 747 g/mol. The first-order valence-electron chi connectivity index (χ1n) is 17.4. The van der Waals surface area contributed by atoms with Crippen LogP contribution < -0.4 is 10.7 Å². The number of fused-ring (bicyclic) bond motifs is 2. The van der Waals surface area contributed by atoms with Gasteiger partial charge in [-0.05, 0) is 107 Å². The molecule has 0 aliphatic carbocycles. The number of aliphatic hydroxyl groups excluding tert-OH is 1. The van der Waals surface area contributed by atoms with Crippen LogP contribution in [0.25, 0.3) is 37.6 Å². The summed E-state index contributed by atoms with van der Waals surface area (Å²) in [5.74, 6) is -1.05. The lowest BCUT2D eigenvalue weighted by molar-refractivity contribution is -0.160. The number of halogens is 1. The van der Waals surface area contributed by atoms with Crippen LogP contribution in [0.15, 0.2) is 47.5 Å². The number of hydrogen-bond acceptors (Lipinski definition) is 11. The van der Waals surface area contributed by atoms with Crippen molar-refractivity contribution in [2.75, 3.05) is 33.3 Å². The Hall–Kier alpha value is -3.98. The minimum atomic E-state index is -1.67. The number of aryl methyl sites for hydroxylation is 1. The summed E-state index contributed by atoms with van der Waals surface area (Å²) in [7, 11) is 1.39. The largest absolute Gasteiger partial charge is 0.479 e. The molecule has 2 saturated heterocycles. The Morgan fingerprint density at radius 3 is 2.35 bits per heavy atom. The lowest BCUT2D eigenvalue weighted by atomic mass is 9.84. The van der Waals surface area contributed by atoms with E-state index < -0.39 is 30.0 Å². The summed E-state index contributed by atoms with van der Waals surface area (Å²) in [6.07, 6.45) is -1.63. The molecule has 2 fully saturated rings. The number of amides is 1. The molecular formula is C38H42ClN5O7S. The molecule has 0 spiro atoms. The second-order valence-electron chi connectivity index (χ2n) is 14.7. The van der Waals surface area contributed by atoms with Gasteiger partial charge in [0.05, 0.1) is 39.3 Å². The maximum absolute atomic E-state index is 12.8. The van der Waals surface area contributed by atoms with Crippen LogP contribution >= 0.6 is 22.9 Å². The van der Waals surface area contributed by atoms with E-state index in [1.54, 1.807) is 17.0 Å². The van der Waals surface area contributed by atoms with Gasteiger partial charge >= 0.3 is 12.1 Å². The van der Waals surface area contributed by atoms with E-state index in [-0.39, 0.29) is 18.1 Å². The predicted octanol–water partition coefficient (Wildman–Crippen LogP) is 4.55. The highest BCUT2D eigenvalue weighted by Crippen LogP contribution is 2.44. The number of thiazole rings is 1. The molecule has 12 nitrogen and oxygen atoms in total. The van der Waals surface area contributed by atoms with Crippen molar-refractivity contribution in [1.29, 1.82) is 0 Å². The standard InChI is InChI=1S/C38H42ClN5O7S/c1-19-16-26-33(28(20-6-8-22(39)9-7-20)27(19)32(36(47)48)51-38(2,3)4)52-34(42-26)25-11-10-24-30(41-25)29(31(40-24)35(45)46)21-12-14-43(15-13-21)23-17-44(18-23)37(49)50-5/h6-11,16,21,23,31-32,35,45-46H,12-15,17-18H2,1-5H3,(H,47,48)/t31?,32-/m0/s1. The Morgan fingerprint density at radius 1 is 1.04 bits per heavy atom. The van der Waals surface area contributed by atoms with Crippen LogP contribution in [-0.2, 0) is 14.3 Å². The molecule has 1 amide bonds. The second kappa shape index (κ2) is 14.1. The molecule has 3 aliphatic rings. The number of likely N-dealkylation sites (tertiary alicyclic amines) is 2. The zero-order valence-corrected chi connectivity index (χ0v) is 31.2. The summed E-state index contributed by atoms with van der Waals surface area (Å²) in [4.78, 5) is 43.5. The fraction of sp³-hybridized carbons (Fsp3) is 0.447. The van der Waals surface area contributed by atoms with E-state index in [0.29, 0.717) is 56.2 Å². The molecule has 4 aromatic rings. The third-order valence-electron chi connectivity index (χ3n) is 10.0. The second-order valence-corrected chi connectivity index (χ2v) is 16.1. The molecule has 0 bridgehead atoms. The van der Waals surface area contributed by atoms with Gasteiger partial charge in [0.25, 0.3) is 0 Å². The third kappa shape index (κ3) is 6.93. The summed E-state index contributed by atoms with van der Waals surface area (Å²) >= 11 is 7.68. The van der Waals surface area contributed by atoms with E-state index in [2.05, 4.69) is 9.89 Å². The minimum absolute atomic E-state index is 0.0421. The SMILES string of the molecule is COC(=O)N1CC(N2CCC(C3=c4nc(-c5nc6cc(C)c([C@H](OC(C)(C)C)C(=O)O)c(-c7ccc(Cl)cc7)c6s5)ccc4=NC3C(O)O)CC2)C1. The third-order valence-corrected chi connectivity index (χ3v) is 11.4. The molecule has 3 N–H and O–H groups in total. The highest BCUT2D eigenvalue weighted by Gasteiger charge is 2.40. The molecule has 274 valence electrons. The van der Waals surface area contributed by atoms with Gasteiger partial charge in [-0.15, -0.1) is 11.3 Å². The fourth-order valence-electron chi connectivity index (χ4n) is 7.60. The quantitative estimate of drug-likeness (QED) is 0.219. The molecule has 52 heavy (non-hydrogen) atoms. The van der Waals surface area contributed by atoms with E-state index in [1.165, 1.54) is 18.4 Å². The number of ether oxygens (including phenoxy) is 2. The lowest BCUT2D eigenvalue weighted by Gasteiger charge is -2.47. The maximum atomic E-state index is 12.8. The van der Waals surface area contributed by atoms with E-state index in [1.807, 2.05) is 58.0 Å². The van der Waals surface area contributed by atoms with Gasteiger partial charge in [-0.25, -0.2) is 19.6 Å². The van der Waals surface area contributed by atoms with Gasteiger partial charge in [-0.3, -0.25) is 9.89 Å². The molecule has 3 aliphatic heterocycles. The van der Waals surface area contributed by atoms with E-state index in [9.17, 15) is 24.9 Å². The molecule has 5 heterocycles. The van der Waals surface area contributed by atoms with E-state index >= 15 is 0 Å². The van der Waals surface area contributed by atoms with Gasteiger partial charge in [0, 0.05) is 35.3 Å². The molecule has 1 unspecified atom stereocenters. The number of hydrogen-bond donors (Lipinski definition) is 3. The number of methoxy groups -OCH3 is 1. The zero-order valence-electron chi connectivity index (χ0n) is 29.7. The number of aliphatic carboxylic acids is 1. The van der Waals surface area contributed by atoms with Gasteiger partial charge in [0.2, 0.25) is 0 Å². The summed E-state index contributed by atoms with van der Waals surface area (Å²) in [5.41, 5.74) is 4.18. The van der Waals surface area contributed by atoms with Gasteiger partial charge < -0.3 is 29.7 Å². The lowest BCUT2D eigenvalue weighted by Crippen LogP contribution is -2.62. The number of carboxylic acids is 1. The summed E-state index contributed by atoms with van der Waals surface area (Å²) in [5, 5.41) is 33.8. The molecule has 14 heteroatoms. The van der Waals surface area contributed by atoms with Crippen molar-refractivity contribution >= 4 is 50.8 Å². The average Bonchev–Trinajstić information content (AvgIpc) is 3.68. The number of benzene rings is 2. The topological polar surface area (TPSA) is 158 Å². The number of piperidine rings is 1. The van der Waals surface area contributed by atoms with Crippen LogP contribution in [0.1, 0.15) is 50.8 Å². The molecule has 2 aromatic carbocycles. The van der Waals surface area contributed by atoms with Crippen LogP contribution in [0.4, 0.5) is 4.79 Å². The van der Waals surface area contributed by atoms with Crippen LogP contribution in [0.3, 0.4) is 0 Å². The normalized spacial score (nSPS) is 19.1. The minimum Gasteiger partial charge on any atom is -0.479 e. The number of aromatic nitrogens is 2. The number of aliphatic hydroxyl groups is 2. The smallest absolute Gasteiger partial charge is 0.409 e. The zero-order chi connectivity index (χ0) is 37.1. The predicted molar refractivity (Wildman–Crippen MR) is 198 cm³/mol. The van der Waals surface area contributed by atoms with Gasteiger partial charge in [-0.1, -0.05) is 23.7 Å². The molecular weight excluding hydrogens is 706 g/mol. The first kappa shape index (κ1) is 36.4. The summed E-state index contributed by atoms with van der Waals surface area (Å²) < 4.78 is 11.8. The highest BCUT2D eigenvalue weighted by atomic mass is 35.5. The first-order valence-corrected chi connectivity index (χ1v) is 18.5. The number of carbonyl (C=O) groups excluding carboxylic acids is 1. The van der Waals surface area contributed by atoms with E-state index in [0.717, 1.165) is 47.3 Å². The van der Waals surface area contributed by atoms with Crippen LogP contribution in [0, 0.1) is 12.8 Å². The molecule has 0 radical (unpaired) electrons. The fourth-order valence-corrected chi connectivity index (χ4v) is 8.82. The average molecular weight is 748 g/mol. The van der Waals surface area contributed by atoms with Gasteiger partial charge in [0.15, 0.2) is 12.4 Å². The number of carboxylic acid groups (broad SMARTS) is 1. The first-order chi connectivity index (χ1) is 24.7. The van der Waals surface area contributed by atoms with Crippen molar-refractivity contribution in [3.63, 3.8) is 0 Å². The Bertz CT molecular complexity index is 2150. The number of carbonyl (C=O) groups is 2. The molecule has 0 saturated carbocycles. The van der Waals surface area contributed by atoms with Crippen LogP contribution in [0.5, 0.6) is 0 Å². The highest BCUT2D eigenvalue weighted by molar-refractivity contribution is 7.22. The Labute approximate surface area is 310 Å². The van der Waals surface area contributed by atoms with Gasteiger partial charge in [-0.2, -0.15) is 0 Å². The van der Waals surface area contributed by atoms with Crippen molar-refractivity contribution < 1.29 is 34.4 Å². The van der Waals surface area contributed by atoms with Crippen molar-refractivity contribution in [2.24, 2.45) is 10.9 Å². The van der Waals surface area contributed by atoms with Crippen molar-refractivity contribution in [3.05, 3.63) is 69.3 Å². The molecule has 2 aromatic heterocycles. The molecule has 2 atom stereocenters. The Morgan fingerprint density at radius 2 is 1.73 bits per heavy atom. The number of pyridine rings is 1. The summed E-state index contributed by atoms with van der Waals surface area (Å²) in [6.45, 7) is 10.3. The summed E-state index contributed by atoms with van der Waals surface area (Å²) in [6, 6.07) is 12.3. The van der Waals surface area contributed by atoms with Crippen LogP contribution in [0.2, 0.25) is 5.02 Å². The Balaban J connectivity index is 1.28. The number of nitrogens with zero attached hydrogens (tertiary/aromatic N) is 5. The number of rotatable bonds is 8. The maximum Gasteiger partial charge on any atom is 0.409 e.